The number of carbonyl (C=O) groups excluding carboxylic acids is 1. The van der Waals surface area contributed by atoms with E-state index in [0.717, 1.165) is 18.4 Å². The second kappa shape index (κ2) is 7.32. The number of ketones is 1. The van der Waals surface area contributed by atoms with Gasteiger partial charge in [-0.1, -0.05) is 57.5 Å². The van der Waals surface area contributed by atoms with E-state index in [4.69, 9.17) is 5.73 Å². The van der Waals surface area contributed by atoms with E-state index in [0.29, 0.717) is 12.3 Å². The molecule has 0 fully saturated rings. The van der Waals surface area contributed by atoms with Gasteiger partial charge in [0.1, 0.15) is 5.78 Å². The average Bonchev–Trinajstić information content (AvgIpc) is 2.37. The molecule has 0 heterocycles. The Hall–Kier alpha value is -1.15. The molecule has 0 aliphatic rings. The standard InChI is InChI=1S/C16H25NO/c1-12(2)8-7-11-15(18)13(3)16(17)14-9-5-4-6-10-14/h4-6,9-10,12-13,16H,7-8,11,17H2,1-3H3. The van der Waals surface area contributed by atoms with E-state index in [1.165, 1.54) is 0 Å². The van der Waals surface area contributed by atoms with Crippen molar-refractivity contribution < 1.29 is 4.79 Å². The van der Waals surface area contributed by atoms with Crippen molar-refractivity contribution in [3.8, 4) is 0 Å². The molecule has 18 heavy (non-hydrogen) atoms. The Labute approximate surface area is 111 Å². The maximum Gasteiger partial charge on any atom is 0.137 e. The van der Waals surface area contributed by atoms with E-state index in [-0.39, 0.29) is 17.7 Å². The summed E-state index contributed by atoms with van der Waals surface area (Å²) in [5, 5.41) is 0. The molecular formula is C16H25NO. The SMILES string of the molecule is CC(C)CCCC(=O)C(C)C(N)c1ccccc1. The Morgan fingerprint density at radius 3 is 2.33 bits per heavy atom. The quantitative estimate of drug-likeness (QED) is 0.798. The number of rotatable bonds is 7. The number of hydrogen-bond acceptors (Lipinski definition) is 2. The number of carbonyl (C=O) groups is 1. The molecule has 2 heteroatoms. The first-order chi connectivity index (χ1) is 8.52. The molecule has 1 aromatic rings. The Morgan fingerprint density at radius 2 is 1.78 bits per heavy atom. The van der Waals surface area contributed by atoms with Crippen LogP contribution in [0.25, 0.3) is 0 Å². The predicted octanol–water partition coefficient (Wildman–Crippen LogP) is 3.72. The van der Waals surface area contributed by atoms with Crippen LogP contribution in [0, 0.1) is 11.8 Å². The van der Waals surface area contributed by atoms with E-state index in [1.807, 2.05) is 37.3 Å². The Morgan fingerprint density at radius 1 is 1.17 bits per heavy atom. The molecular weight excluding hydrogens is 222 g/mol. The van der Waals surface area contributed by atoms with E-state index < -0.39 is 0 Å². The average molecular weight is 247 g/mol. The molecule has 0 saturated heterocycles. The van der Waals surface area contributed by atoms with Gasteiger partial charge >= 0.3 is 0 Å². The van der Waals surface area contributed by atoms with Crippen molar-refractivity contribution in [1.82, 2.24) is 0 Å². The Kier molecular flexibility index (Phi) is 6.06. The summed E-state index contributed by atoms with van der Waals surface area (Å²) in [7, 11) is 0. The fraction of sp³-hybridized carbons (Fsp3) is 0.562. The van der Waals surface area contributed by atoms with Gasteiger partial charge in [-0.3, -0.25) is 4.79 Å². The molecule has 2 N–H and O–H groups in total. The highest BCUT2D eigenvalue weighted by molar-refractivity contribution is 5.81. The lowest BCUT2D eigenvalue weighted by molar-refractivity contribution is -0.123. The first-order valence-corrected chi connectivity index (χ1v) is 6.85. The summed E-state index contributed by atoms with van der Waals surface area (Å²) < 4.78 is 0. The zero-order valence-electron chi connectivity index (χ0n) is 11.7. The monoisotopic (exact) mass is 247 g/mol. The third-order valence-electron chi connectivity index (χ3n) is 3.44. The summed E-state index contributed by atoms with van der Waals surface area (Å²) in [6.45, 7) is 6.31. The third kappa shape index (κ3) is 4.61. The number of hydrogen-bond donors (Lipinski definition) is 1. The van der Waals surface area contributed by atoms with Crippen LogP contribution in [0.5, 0.6) is 0 Å². The number of Topliss-reactive ketones (excluding diaryl/α,β-unsaturated/α-hetero) is 1. The normalized spacial score (nSPS) is 14.5. The molecule has 0 saturated carbocycles. The van der Waals surface area contributed by atoms with Crippen LogP contribution >= 0.6 is 0 Å². The van der Waals surface area contributed by atoms with Crippen LogP contribution in [-0.2, 0) is 4.79 Å². The highest BCUT2D eigenvalue weighted by atomic mass is 16.1. The summed E-state index contributed by atoms with van der Waals surface area (Å²) in [4.78, 5) is 12.1. The van der Waals surface area contributed by atoms with Crippen molar-refractivity contribution in [2.45, 2.75) is 46.1 Å². The van der Waals surface area contributed by atoms with E-state index in [1.54, 1.807) is 0 Å². The Bertz CT molecular complexity index is 359. The van der Waals surface area contributed by atoms with Gasteiger partial charge in [-0.05, 0) is 17.9 Å². The molecule has 2 nitrogen and oxygen atoms in total. The molecule has 1 aromatic carbocycles. The molecule has 0 radical (unpaired) electrons. The van der Waals surface area contributed by atoms with Crippen molar-refractivity contribution in [3.63, 3.8) is 0 Å². The lowest BCUT2D eigenvalue weighted by Gasteiger charge is -2.19. The van der Waals surface area contributed by atoms with Crippen molar-refractivity contribution in [1.29, 1.82) is 0 Å². The fourth-order valence-electron chi connectivity index (χ4n) is 2.08. The largest absolute Gasteiger partial charge is 0.323 e. The molecule has 0 aliphatic carbocycles. The van der Waals surface area contributed by atoms with Crippen LogP contribution in [-0.4, -0.2) is 5.78 Å². The van der Waals surface area contributed by atoms with Crippen molar-refractivity contribution in [2.24, 2.45) is 17.6 Å². The van der Waals surface area contributed by atoms with Gasteiger partial charge in [0.05, 0.1) is 0 Å². The first kappa shape index (κ1) is 14.9. The smallest absolute Gasteiger partial charge is 0.137 e. The maximum absolute atomic E-state index is 12.1. The molecule has 0 aromatic heterocycles. The highest BCUT2D eigenvalue weighted by Crippen LogP contribution is 2.22. The van der Waals surface area contributed by atoms with Crippen LogP contribution in [0.15, 0.2) is 30.3 Å². The Balaban J connectivity index is 2.48. The lowest BCUT2D eigenvalue weighted by atomic mass is 9.89. The third-order valence-corrected chi connectivity index (χ3v) is 3.44. The minimum atomic E-state index is -0.183. The van der Waals surface area contributed by atoms with E-state index in [9.17, 15) is 4.79 Å². The number of nitrogens with two attached hydrogens (primary N) is 1. The van der Waals surface area contributed by atoms with Gasteiger partial charge in [-0.25, -0.2) is 0 Å². The van der Waals surface area contributed by atoms with Gasteiger partial charge in [0.25, 0.3) is 0 Å². The molecule has 100 valence electrons. The van der Waals surface area contributed by atoms with Crippen LogP contribution in [0.4, 0.5) is 0 Å². The van der Waals surface area contributed by atoms with Crippen LogP contribution < -0.4 is 5.73 Å². The second-order valence-corrected chi connectivity index (χ2v) is 5.48. The molecule has 0 aliphatic heterocycles. The summed E-state index contributed by atoms with van der Waals surface area (Å²) >= 11 is 0. The number of benzene rings is 1. The molecule has 2 atom stereocenters. The molecule has 0 bridgehead atoms. The summed E-state index contributed by atoms with van der Waals surface area (Å²) in [6.07, 6.45) is 2.74. The van der Waals surface area contributed by atoms with Gasteiger partial charge in [0.2, 0.25) is 0 Å². The zero-order valence-corrected chi connectivity index (χ0v) is 11.7. The van der Waals surface area contributed by atoms with Gasteiger partial charge in [0, 0.05) is 18.4 Å². The minimum absolute atomic E-state index is 0.0976. The van der Waals surface area contributed by atoms with Gasteiger partial charge < -0.3 is 5.73 Å². The fourth-order valence-corrected chi connectivity index (χ4v) is 2.08. The lowest BCUT2D eigenvalue weighted by Crippen LogP contribution is -2.26. The van der Waals surface area contributed by atoms with Gasteiger partial charge in [0.15, 0.2) is 0 Å². The molecule has 0 spiro atoms. The van der Waals surface area contributed by atoms with Crippen LogP contribution in [0.1, 0.15) is 51.6 Å². The van der Waals surface area contributed by atoms with E-state index in [2.05, 4.69) is 13.8 Å². The van der Waals surface area contributed by atoms with Gasteiger partial charge in [-0.2, -0.15) is 0 Å². The summed E-state index contributed by atoms with van der Waals surface area (Å²) in [6, 6.07) is 9.69. The topological polar surface area (TPSA) is 43.1 Å². The van der Waals surface area contributed by atoms with Crippen LogP contribution in [0.3, 0.4) is 0 Å². The van der Waals surface area contributed by atoms with E-state index >= 15 is 0 Å². The van der Waals surface area contributed by atoms with Crippen LogP contribution in [0.2, 0.25) is 0 Å². The molecule has 1 rings (SSSR count). The summed E-state index contributed by atoms with van der Waals surface area (Å²) in [5.74, 6) is 0.850. The minimum Gasteiger partial charge on any atom is -0.323 e. The maximum atomic E-state index is 12.1. The molecule has 2 unspecified atom stereocenters. The highest BCUT2D eigenvalue weighted by Gasteiger charge is 2.21. The zero-order chi connectivity index (χ0) is 13.5. The summed E-state index contributed by atoms with van der Waals surface area (Å²) in [5.41, 5.74) is 7.19. The van der Waals surface area contributed by atoms with Crippen molar-refractivity contribution in [3.05, 3.63) is 35.9 Å². The van der Waals surface area contributed by atoms with Crippen molar-refractivity contribution >= 4 is 5.78 Å². The predicted molar refractivity (Wildman–Crippen MR) is 76.2 cm³/mol. The second-order valence-electron chi connectivity index (χ2n) is 5.48. The van der Waals surface area contributed by atoms with Crippen molar-refractivity contribution in [2.75, 3.05) is 0 Å². The van der Waals surface area contributed by atoms with Gasteiger partial charge in [-0.15, -0.1) is 0 Å². The first-order valence-electron chi connectivity index (χ1n) is 6.85. The molecule has 0 amide bonds.